The topological polar surface area (TPSA) is 88.3 Å². The van der Waals surface area contributed by atoms with Crippen LogP contribution in [0.25, 0.3) is 5.82 Å². The molecule has 0 unspecified atom stereocenters. The van der Waals surface area contributed by atoms with Crippen molar-refractivity contribution in [2.24, 2.45) is 5.92 Å². The standard InChI is InChI=1S/C22H22N4O3/c27-21(19-7-3-8-20(24-19)26-12-4-11-23-26)25-13-9-16(10-14-25)15-17-5-1-2-6-18(17)22(28)29/h1-8,11-12,16H,9-10,13-15H2,(H,28,29). The number of nitrogens with zero attached hydrogens (tertiary/aromatic N) is 4. The lowest BCUT2D eigenvalue weighted by Gasteiger charge is -2.32. The maximum atomic E-state index is 12.9. The van der Waals surface area contributed by atoms with Crippen LogP contribution < -0.4 is 0 Å². The van der Waals surface area contributed by atoms with Crippen LogP contribution in [0.3, 0.4) is 0 Å². The monoisotopic (exact) mass is 390 g/mol. The molecule has 29 heavy (non-hydrogen) atoms. The average molecular weight is 390 g/mol. The molecule has 4 rings (SSSR count). The second-order valence-corrected chi connectivity index (χ2v) is 7.23. The third-order valence-corrected chi connectivity index (χ3v) is 5.35. The van der Waals surface area contributed by atoms with E-state index in [-0.39, 0.29) is 5.91 Å². The van der Waals surface area contributed by atoms with Crippen molar-refractivity contribution in [1.29, 1.82) is 0 Å². The van der Waals surface area contributed by atoms with Gasteiger partial charge in [0.2, 0.25) is 0 Å². The van der Waals surface area contributed by atoms with Crippen molar-refractivity contribution in [2.75, 3.05) is 13.1 Å². The summed E-state index contributed by atoms with van der Waals surface area (Å²) in [6.45, 7) is 1.29. The fourth-order valence-corrected chi connectivity index (χ4v) is 3.79. The number of aromatic nitrogens is 3. The lowest BCUT2D eigenvalue weighted by atomic mass is 9.88. The third-order valence-electron chi connectivity index (χ3n) is 5.35. The third kappa shape index (κ3) is 4.18. The molecule has 1 amide bonds. The van der Waals surface area contributed by atoms with Crippen LogP contribution in [0.5, 0.6) is 0 Å². The SMILES string of the molecule is O=C(O)c1ccccc1CC1CCN(C(=O)c2cccc(-n3cccn3)n2)CC1. The van der Waals surface area contributed by atoms with Gasteiger partial charge in [0.1, 0.15) is 5.69 Å². The molecule has 2 aromatic heterocycles. The normalized spacial score (nSPS) is 14.7. The molecule has 148 valence electrons. The highest BCUT2D eigenvalue weighted by Crippen LogP contribution is 2.24. The number of rotatable bonds is 5. The highest BCUT2D eigenvalue weighted by molar-refractivity contribution is 5.92. The molecule has 1 fully saturated rings. The summed E-state index contributed by atoms with van der Waals surface area (Å²) in [5.74, 6) is 0.00340. The van der Waals surface area contributed by atoms with E-state index < -0.39 is 5.97 Å². The Labute approximate surface area is 168 Å². The summed E-state index contributed by atoms with van der Waals surface area (Å²) < 4.78 is 1.63. The van der Waals surface area contributed by atoms with Crippen LogP contribution >= 0.6 is 0 Å². The van der Waals surface area contributed by atoms with Gasteiger partial charge in [-0.25, -0.2) is 14.5 Å². The predicted molar refractivity (Wildman–Crippen MR) is 107 cm³/mol. The molecular formula is C22H22N4O3. The van der Waals surface area contributed by atoms with Crippen molar-refractivity contribution in [2.45, 2.75) is 19.3 Å². The second kappa shape index (κ2) is 8.26. The number of amides is 1. The second-order valence-electron chi connectivity index (χ2n) is 7.23. The van der Waals surface area contributed by atoms with Gasteiger partial charge in [-0.1, -0.05) is 24.3 Å². The van der Waals surface area contributed by atoms with Gasteiger partial charge in [-0.2, -0.15) is 5.10 Å². The van der Waals surface area contributed by atoms with E-state index in [0.717, 1.165) is 24.8 Å². The van der Waals surface area contributed by atoms with E-state index in [4.69, 9.17) is 0 Å². The van der Waals surface area contributed by atoms with Crippen LogP contribution in [0.2, 0.25) is 0 Å². The molecule has 3 aromatic rings. The smallest absolute Gasteiger partial charge is 0.335 e. The molecule has 0 spiro atoms. The van der Waals surface area contributed by atoms with E-state index in [2.05, 4.69) is 10.1 Å². The van der Waals surface area contributed by atoms with Gasteiger partial charge in [0.15, 0.2) is 5.82 Å². The minimum absolute atomic E-state index is 0.0802. The van der Waals surface area contributed by atoms with Gasteiger partial charge >= 0.3 is 5.97 Å². The van der Waals surface area contributed by atoms with E-state index >= 15 is 0 Å². The molecular weight excluding hydrogens is 368 g/mol. The van der Waals surface area contributed by atoms with Crippen molar-refractivity contribution in [1.82, 2.24) is 19.7 Å². The molecule has 1 N–H and O–H groups in total. The minimum Gasteiger partial charge on any atom is -0.478 e. The quantitative estimate of drug-likeness (QED) is 0.723. The van der Waals surface area contributed by atoms with Crippen molar-refractivity contribution in [3.05, 3.63) is 77.7 Å². The maximum absolute atomic E-state index is 12.9. The Kier molecular flexibility index (Phi) is 5.37. The molecule has 1 aromatic carbocycles. The molecule has 1 saturated heterocycles. The Hall–Kier alpha value is -3.48. The number of carboxylic acid groups (broad SMARTS) is 1. The molecule has 1 aliphatic heterocycles. The average Bonchev–Trinajstić information content (AvgIpc) is 3.29. The first-order chi connectivity index (χ1) is 14.1. The summed E-state index contributed by atoms with van der Waals surface area (Å²) in [5, 5.41) is 13.5. The van der Waals surface area contributed by atoms with Gasteiger partial charge in [0, 0.05) is 25.5 Å². The largest absolute Gasteiger partial charge is 0.478 e. The zero-order valence-corrected chi connectivity index (χ0v) is 15.9. The first-order valence-electron chi connectivity index (χ1n) is 9.69. The molecule has 1 aliphatic rings. The van der Waals surface area contributed by atoms with Crippen LogP contribution in [0.15, 0.2) is 60.9 Å². The number of hydrogen-bond donors (Lipinski definition) is 1. The number of pyridine rings is 1. The number of piperidine rings is 1. The number of carbonyl (C=O) groups excluding carboxylic acids is 1. The van der Waals surface area contributed by atoms with Crippen LogP contribution in [0.1, 0.15) is 39.3 Å². The van der Waals surface area contributed by atoms with E-state index in [1.54, 1.807) is 35.3 Å². The Morgan fingerprint density at radius 3 is 2.55 bits per heavy atom. The fourth-order valence-electron chi connectivity index (χ4n) is 3.79. The van der Waals surface area contributed by atoms with Crippen LogP contribution in [0, 0.1) is 5.92 Å². The van der Waals surface area contributed by atoms with E-state index in [9.17, 15) is 14.7 Å². The van der Waals surface area contributed by atoms with Crippen molar-refractivity contribution in [3.8, 4) is 5.82 Å². The van der Waals surface area contributed by atoms with Crippen LogP contribution in [-0.4, -0.2) is 49.7 Å². The summed E-state index contributed by atoms with van der Waals surface area (Å²) in [6, 6.07) is 14.3. The molecule has 3 heterocycles. The first-order valence-corrected chi connectivity index (χ1v) is 9.69. The van der Waals surface area contributed by atoms with E-state index in [0.29, 0.717) is 36.1 Å². The number of benzene rings is 1. The number of carboxylic acids is 1. The van der Waals surface area contributed by atoms with Gasteiger partial charge in [-0.3, -0.25) is 4.79 Å². The van der Waals surface area contributed by atoms with Crippen molar-refractivity contribution in [3.63, 3.8) is 0 Å². The molecule has 0 bridgehead atoms. The Balaban J connectivity index is 1.39. The van der Waals surface area contributed by atoms with Gasteiger partial charge in [0.05, 0.1) is 5.56 Å². The molecule has 0 saturated carbocycles. The lowest BCUT2D eigenvalue weighted by molar-refractivity contribution is 0.0684. The lowest BCUT2D eigenvalue weighted by Crippen LogP contribution is -2.39. The van der Waals surface area contributed by atoms with Gasteiger partial charge in [0.25, 0.3) is 5.91 Å². The minimum atomic E-state index is -0.892. The molecule has 0 atom stereocenters. The molecule has 0 radical (unpaired) electrons. The summed E-state index contributed by atoms with van der Waals surface area (Å²) in [4.78, 5) is 30.6. The number of aromatic carboxylic acids is 1. The fraction of sp³-hybridized carbons (Fsp3) is 0.273. The molecule has 0 aliphatic carbocycles. The summed E-state index contributed by atoms with van der Waals surface area (Å²) in [5.41, 5.74) is 1.64. The Morgan fingerprint density at radius 2 is 1.83 bits per heavy atom. The summed E-state index contributed by atoms with van der Waals surface area (Å²) >= 11 is 0. The van der Waals surface area contributed by atoms with Crippen LogP contribution in [-0.2, 0) is 6.42 Å². The maximum Gasteiger partial charge on any atom is 0.335 e. The molecule has 7 nitrogen and oxygen atoms in total. The van der Waals surface area contributed by atoms with Crippen molar-refractivity contribution >= 4 is 11.9 Å². The number of carbonyl (C=O) groups is 2. The number of hydrogen-bond acceptors (Lipinski definition) is 4. The predicted octanol–water partition coefficient (Wildman–Crippen LogP) is 3.06. The van der Waals surface area contributed by atoms with Gasteiger partial charge in [-0.15, -0.1) is 0 Å². The number of likely N-dealkylation sites (tertiary alicyclic amines) is 1. The first kappa shape index (κ1) is 18.9. The highest BCUT2D eigenvalue weighted by Gasteiger charge is 2.25. The van der Waals surface area contributed by atoms with Crippen molar-refractivity contribution < 1.29 is 14.7 Å². The van der Waals surface area contributed by atoms with Crippen LogP contribution in [0.4, 0.5) is 0 Å². The van der Waals surface area contributed by atoms with E-state index in [1.165, 1.54) is 0 Å². The summed E-state index contributed by atoms with van der Waals surface area (Å²) in [7, 11) is 0. The van der Waals surface area contributed by atoms with E-state index in [1.807, 2.05) is 35.2 Å². The zero-order valence-electron chi connectivity index (χ0n) is 15.9. The highest BCUT2D eigenvalue weighted by atomic mass is 16.4. The molecule has 7 heteroatoms. The zero-order chi connectivity index (χ0) is 20.2. The van der Waals surface area contributed by atoms with Gasteiger partial charge < -0.3 is 10.0 Å². The Morgan fingerprint density at radius 1 is 1.03 bits per heavy atom. The Bertz CT molecular complexity index is 1010. The summed E-state index contributed by atoms with van der Waals surface area (Å²) in [6.07, 6.45) is 5.87. The van der Waals surface area contributed by atoms with Gasteiger partial charge in [-0.05, 0) is 55.0 Å².